The summed E-state index contributed by atoms with van der Waals surface area (Å²) >= 11 is 0. The van der Waals surface area contributed by atoms with Crippen LogP contribution in [0.1, 0.15) is 51.9 Å². The van der Waals surface area contributed by atoms with Gasteiger partial charge in [-0.05, 0) is 19.3 Å². The maximum atomic E-state index is 3.41. The van der Waals surface area contributed by atoms with Gasteiger partial charge < -0.3 is 5.32 Å². The van der Waals surface area contributed by atoms with Crippen molar-refractivity contribution in [3.05, 3.63) is 11.8 Å². The third kappa shape index (κ3) is 3.80. The summed E-state index contributed by atoms with van der Waals surface area (Å²) in [4.78, 5) is 0. The zero-order valence-electron chi connectivity index (χ0n) is 8.23. The van der Waals surface area contributed by atoms with E-state index in [0.29, 0.717) is 0 Å². The van der Waals surface area contributed by atoms with Crippen molar-refractivity contribution in [2.75, 3.05) is 6.54 Å². The first-order chi connectivity index (χ1) is 5.93. The minimum atomic E-state index is 1.17. The van der Waals surface area contributed by atoms with Crippen LogP contribution in [0, 0.1) is 0 Å². The lowest BCUT2D eigenvalue weighted by atomic mass is 10.1. The zero-order chi connectivity index (χ0) is 8.65. The van der Waals surface area contributed by atoms with E-state index in [1.807, 2.05) is 0 Å². The Morgan fingerprint density at radius 2 is 2.08 bits per heavy atom. The topological polar surface area (TPSA) is 12.0 Å². The largest absolute Gasteiger partial charge is 0.388 e. The van der Waals surface area contributed by atoms with Gasteiger partial charge in [-0.15, -0.1) is 0 Å². The van der Waals surface area contributed by atoms with Crippen LogP contribution < -0.4 is 5.32 Å². The van der Waals surface area contributed by atoms with Gasteiger partial charge in [-0.3, -0.25) is 0 Å². The van der Waals surface area contributed by atoms with E-state index in [1.54, 1.807) is 0 Å². The van der Waals surface area contributed by atoms with Crippen LogP contribution in [0.3, 0.4) is 0 Å². The fraction of sp³-hybridized carbons (Fsp3) is 0.818. The van der Waals surface area contributed by atoms with Crippen LogP contribution in [0.25, 0.3) is 0 Å². The molecule has 0 fully saturated rings. The zero-order valence-corrected chi connectivity index (χ0v) is 8.23. The van der Waals surface area contributed by atoms with E-state index >= 15 is 0 Å². The second-order valence-electron chi connectivity index (χ2n) is 3.61. The first kappa shape index (κ1) is 9.63. The van der Waals surface area contributed by atoms with Crippen LogP contribution in [-0.2, 0) is 0 Å². The van der Waals surface area contributed by atoms with Gasteiger partial charge in [-0.25, -0.2) is 0 Å². The molecule has 0 bridgehead atoms. The Labute approximate surface area is 76.2 Å². The van der Waals surface area contributed by atoms with Crippen molar-refractivity contribution >= 4 is 0 Å². The Morgan fingerprint density at radius 1 is 1.25 bits per heavy atom. The van der Waals surface area contributed by atoms with Gasteiger partial charge in [0, 0.05) is 12.2 Å². The van der Waals surface area contributed by atoms with E-state index in [0.717, 1.165) is 0 Å². The maximum absolute atomic E-state index is 3.41. The normalized spacial score (nSPS) is 15.9. The molecule has 70 valence electrons. The van der Waals surface area contributed by atoms with E-state index in [2.05, 4.69) is 18.3 Å². The van der Waals surface area contributed by atoms with Crippen LogP contribution in [0.4, 0.5) is 0 Å². The van der Waals surface area contributed by atoms with E-state index in [-0.39, 0.29) is 0 Å². The standard InChI is InChI=1S/C11H21N/c1-2-3-4-5-6-8-11-9-7-10-12-11/h9,12H,2-8,10H2,1H3. The van der Waals surface area contributed by atoms with E-state index in [9.17, 15) is 0 Å². The summed E-state index contributed by atoms with van der Waals surface area (Å²) in [6, 6.07) is 0. The molecule has 0 atom stereocenters. The maximum Gasteiger partial charge on any atom is 0.0179 e. The Morgan fingerprint density at radius 3 is 2.75 bits per heavy atom. The minimum Gasteiger partial charge on any atom is -0.388 e. The molecule has 1 heteroatoms. The lowest BCUT2D eigenvalue weighted by molar-refractivity contribution is 0.621. The van der Waals surface area contributed by atoms with Gasteiger partial charge in [-0.2, -0.15) is 0 Å². The van der Waals surface area contributed by atoms with E-state index < -0.39 is 0 Å². The highest BCUT2D eigenvalue weighted by molar-refractivity contribution is 5.04. The predicted octanol–water partition coefficient (Wildman–Crippen LogP) is 3.22. The third-order valence-corrected chi connectivity index (χ3v) is 2.44. The summed E-state index contributed by atoms with van der Waals surface area (Å²) < 4.78 is 0. The van der Waals surface area contributed by atoms with Crippen LogP contribution in [0.15, 0.2) is 11.8 Å². The van der Waals surface area contributed by atoms with Gasteiger partial charge in [0.2, 0.25) is 0 Å². The second-order valence-corrected chi connectivity index (χ2v) is 3.61. The number of allylic oxidation sites excluding steroid dienone is 1. The third-order valence-electron chi connectivity index (χ3n) is 2.44. The molecule has 1 nitrogen and oxygen atoms in total. The predicted molar refractivity (Wildman–Crippen MR) is 54.1 cm³/mol. The second kappa shape index (κ2) is 6.10. The van der Waals surface area contributed by atoms with Crippen LogP contribution in [-0.4, -0.2) is 6.54 Å². The molecule has 0 aliphatic carbocycles. The molecular weight excluding hydrogens is 146 g/mol. The lowest BCUT2D eigenvalue weighted by Gasteiger charge is -2.03. The highest BCUT2D eigenvalue weighted by Gasteiger charge is 2.01. The Bertz CT molecular complexity index is 138. The highest BCUT2D eigenvalue weighted by atomic mass is 14.9. The quantitative estimate of drug-likeness (QED) is 0.599. The first-order valence-corrected chi connectivity index (χ1v) is 5.36. The van der Waals surface area contributed by atoms with Gasteiger partial charge in [0.15, 0.2) is 0 Å². The van der Waals surface area contributed by atoms with Crippen LogP contribution in [0.5, 0.6) is 0 Å². The van der Waals surface area contributed by atoms with Crippen LogP contribution in [0.2, 0.25) is 0 Å². The molecule has 0 unspecified atom stereocenters. The molecule has 0 saturated heterocycles. The Hall–Kier alpha value is -0.460. The summed E-state index contributed by atoms with van der Waals surface area (Å²) in [5, 5.41) is 3.41. The lowest BCUT2D eigenvalue weighted by Crippen LogP contribution is -2.06. The van der Waals surface area contributed by atoms with E-state index in [1.165, 1.54) is 57.2 Å². The molecule has 0 saturated carbocycles. The molecule has 1 rings (SSSR count). The van der Waals surface area contributed by atoms with Gasteiger partial charge in [0.25, 0.3) is 0 Å². The first-order valence-electron chi connectivity index (χ1n) is 5.36. The fourth-order valence-electron chi connectivity index (χ4n) is 1.66. The number of rotatable bonds is 6. The molecule has 1 aliphatic heterocycles. The van der Waals surface area contributed by atoms with Crippen molar-refractivity contribution in [1.29, 1.82) is 0 Å². The monoisotopic (exact) mass is 167 g/mol. The van der Waals surface area contributed by atoms with Gasteiger partial charge in [0.05, 0.1) is 0 Å². The molecule has 0 aromatic carbocycles. The van der Waals surface area contributed by atoms with Crippen LogP contribution >= 0.6 is 0 Å². The molecule has 0 radical (unpaired) electrons. The Balaban J connectivity index is 1.88. The molecule has 1 aliphatic rings. The molecule has 0 aromatic rings. The minimum absolute atomic E-state index is 1.17. The molecule has 0 aromatic heterocycles. The number of hydrogen-bond acceptors (Lipinski definition) is 1. The molecule has 1 N–H and O–H groups in total. The average Bonchev–Trinajstić information content (AvgIpc) is 2.57. The van der Waals surface area contributed by atoms with Gasteiger partial charge in [0.1, 0.15) is 0 Å². The smallest absolute Gasteiger partial charge is 0.0179 e. The summed E-state index contributed by atoms with van der Waals surface area (Å²) in [5.74, 6) is 0. The van der Waals surface area contributed by atoms with Crippen molar-refractivity contribution < 1.29 is 0 Å². The summed E-state index contributed by atoms with van der Waals surface area (Å²) in [7, 11) is 0. The van der Waals surface area contributed by atoms with E-state index in [4.69, 9.17) is 0 Å². The Kier molecular flexibility index (Phi) is 4.89. The van der Waals surface area contributed by atoms with Crippen molar-refractivity contribution in [1.82, 2.24) is 5.32 Å². The molecular formula is C11H21N. The molecule has 0 spiro atoms. The molecule has 12 heavy (non-hydrogen) atoms. The summed E-state index contributed by atoms with van der Waals surface area (Å²) in [5.41, 5.74) is 1.49. The number of unbranched alkanes of at least 4 members (excludes halogenated alkanes) is 4. The van der Waals surface area contributed by atoms with Gasteiger partial charge >= 0.3 is 0 Å². The summed E-state index contributed by atoms with van der Waals surface area (Å²) in [6.07, 6.45) is 11.8. The number of nitrogens with one attached hydrogen (secondary N) is 1. The number of hydrogen-bond donors (Lipinski definition) is 1. The summed E-state index contributed by atoms with van der Waals surface area (Å²) in [6.45, 7) is 3.44. The van der Waals surface area contributed by atoms with Crippen molar-refractivity contribution in [2.45, 2.75) is 51.9 Å². The van der Waals surface area contributed by atoms with Crippen molar-refractivity contribution in [3.63, 3.8) is 0 Å². The highest BCUT2D eigenvalue weighted by Crippen LogP contribution is 2.12. The van der Waals surface area contributed by atoms with Gasteiger partial charge in [-0.1, -0.05) is 38.7 Å². The SMILES string of the molecule is CCCCCCCC1=CCCN1. The van der Waals surface area contributed by atoms with Crippen molar-refractivity contribution in [3.8, 4) is 0 Å². The van der Waals surface area contributed by atoms with Crippen molar-refractivity contribution in [2.24, 2.45) is 0 Å². The molecule has 0 amide bonds. The fourth-order valence-corrected chi connectivity index (χ4v) is 1.66. The average molecular weight is 167 g/mol. The molecule has 1 heterocycles.